The zero-order valence-corrected chi connectivity index (χ0v) is 35.4. The van der Waals surface area contributed by atoms with Crippen LogP contribution in [-0.2, 0) is 32.9 Å². The van der Waals surface area contributed by atoms with Crippen LogP contribution < -0.4 is 10.6 Å². The molecule has 300 valence electrons. The van der Waals surface area contributed by atoms with Gasteiger partial charge in [-0.05, 0) is 99.3 Å². The van der Waals surface area contributed by atoms with Gasteiger partial charge in [-0.1, -0.05) is 53.1 Å². The van der Waals surface area contributed by atoms with Gasteiger partial charge >= 0.3 is 12.2 Å². The number of carboxylic acid groups (broad SMARTS) is 2. The van der Waals surface area contributed by atoms with Gasteiger partial charge in [-0.2, -0.15) is 0 Å². The molecule has 0 aliphatic heterocycles. The molecule has 19 heteroatoms. The van der Waals surface area contributed by atoms with Crippen molar-refractivity contribution >= 4 is 59.8 Å². The fraction of sp³-hybridized carbons (Fsp3) is 0.324. The molecule has 4 N–H and O–H groups in total. The van der Waals surface area contributed by atoms with E-state index in [-0.39, 0.29) is 32.8 Å². The molecule has 0 aliphatic carbocycles. The van der Waals surface area contributed by atoms with E-state index in [4.69, 9.17) is 16.7 Å². The third kappa shape index (κ3) is 11.0. The first-order chi connectivity index (χ1) is 26.0. The predicted molar refractivity (Wildman–Crippen MR) is 215 cm³/mol. The fourth-order valence-corrected chi connectivity index (χ4v) is 9.25. The Morgan fingerprint density at radius 3 is 1.62 bits per heavy atom. The van der Waals surface area contributed by atoms with Gasteiger partial charge in [0.15, 0.2) is 0 Å². The van der Waals surface area contributed by atoms with Crippen LogP contribution in [0.4, 0.5) is 9.59 Å². The first kappa shape index (κ1) is 43.9. The Balaban J connectivity index is 0.000000255. The van der Waals surface area contributed by atoms with E-state index in [0.29, 0.717) is 33.4 Å². The van der Waals surface area contributed by atoms with Crippen molar-refractivity contribution in [2.45, 2.75) is 76.3 Å². The number of rotatable bonds is 11. The summed E-state index contributed by atoms with van der Waals surface area (Å²) in [6.07, 6.45) is 8.45. The minimum Gasteiger partial charge on any atom is -0.465 e. The average molecular weight is 893 g/mol. The van der Waals surface area contributed by atoms with E-state index in [9.17, 15) is 31.5 Å². The van der Waals surface area contributed by atoms with E-state index in [2.05, 4.69) is 41.5 Å². The second kappa shape index (κ2) is 17.6. The molecular weight excluding hydrogens is 850 g/mol. The summed E-state index contributed by atoms with van der Waals surface area (Å²) in [5.74, 6) is 0. The van der Waals surface area contributed by atoms with Crippen molar-refractivity contribution in [1.29, 1.82) is 0 Å². The summed E-state index contributed by atoms with van der Waals surface area (Å²) in [6.45, 7) is 11.5. The van der Waals surface area contributed by atoms with E-state index in [1.807, 2.05) is 41.5 Å². The molecule has 0 aromatic carbocycles. The summed E-state index contributed by atoms with van der Waals surface area (Å²) < 4.78 is 54.8. The van der Waals surface area contributed by atoms with Crippen LogP contribution in [0.3, 0.4) is 0 Å². The first-order valence-corrected chi connectivity index (χ1v) is 21.1. The van der Waals surface area contributed by atoms with Crippen molar-refractivity contribution in [3.05, 3.63) is 113 Å². The molecule has 0 fully saturated rings. The van der Waals surface area contributed by atoms with Crippen molar-refractivity contribution < 1.29 is 36.6 Å². The highest BCUT2D eigenvalue weighted by Gasteiger charge is 2.30. The van der Waals surface area contributed by atoms with Gasteiger partial charge in [-0.15, -0.1) is 0 Å². The Morgan fingerprint density at radius 2 is 1.20 bits per heavy atom. The predicted octanol–water partition coefficient (Wildman–Crippen LogP) is 7.17. The van der Waals surface area contributed by atoms with E-state index in [1.165, 1.54) is 55.5 Å². The van der Waals surface area contributed by atoms with Gasteiger partial charge in [0.2, 0.25) is 0 Å². The van der Waals surface area contributed by atoms with Gasteiger partial charge in [0.1, 0.15) is 19.5 Å². The lowest BCUT2D eigenvalue weighted by Crippen LogP contribution is -2.44. The number of amides is 2. The monoisotopic (exact) mass is 891 g/mol. The lowest BCUT2D eigenvalue weighted by atomic mass is 9.83. The molecule has 5 aromatic rings. The second-order valence-electron chi connectivity index (χ2n) is 14.9. The van der Waals surface area contributed by atoms with E-state index >= 15 is 0 Å². The Labute approximate surface area is 339 Å². The van der Waals surface area contributed by atoms with Crippen molar-refractivity contribution in [1.82, 2.24) is 33.5 Å². The third-order valence-corrected chi connectivity index (χ3v) is 13.1. The molecular formula is C37H43BrClN7O8S2. The molecule has 5 aromatic heterocycles. The Bertz CT molecular complexity index is 2380. The van der Waals surface area contributed by atoms with Gasteiger partial charge in [-0.3, -0.25) is 9.97 Å². The lowest BCUT2D eigenvalue weighted by molar-refractivity contribution is 0.173. The first-order valence-electron chi connectivity index (χ1n) is 17.0. The Kier molecular flexibility index (Phi) is 13.8. The zero-order valence-electron chi connectivity index (χ0n) is 31.4. The fourth-order valence-electron chi connectivity index (χ4n) is 5.49. The number of halogens is 2. The molecule has 15 nitrogen and oxygen atoms in total. The van der Waals surface area contributed by atoms with Crippen molar-refractivity contribution in [2.24, 2.45) is 10.8 Å². The molecule has 5 heterocycles. The number of carbonyl (C=O) groups is 2. The van der Waals surface area contributed by atoms with Crippen molar-refractivity contribution in [2.75, 3.05) is 0 Å². The molecule has 0 saturated heterocycles. The highest BCUT2D eigenvalue weighted by molar-refractivity contribution is 9.10. The number of aromatic nitrogens is 5. The van der Waals surface area contributed by atoms with Gasteiger partial charge in [-0.25, -0.2) is 39.4 Å². The summed E-state index contributed by atoms with van der Waals surface area (Å²) in [7, 11) is -7.75. The molecule has 2 unspecified atom stereocenters. The summed E-state index contributed by atoms with van der Waals surface area (Å²) in [5, 5.41) is 23.5. The molecule has 5 rings (SSSR count). The minimum atomic E-state index is -3.98. The van der Waals surface area contributed by atoms with E-state index in [0.717, 1.165) is 7.94 Å². The number of hydrogen-bond acceptors (Lipinski definition) is 9. The largest absolute Gasteiger partial charge is 0.465 e. The maximum Gasteiger partial charge on any atom is 0.404 e. The van der Waals surface area contributed by atoms with Crippen molar-refractivity contribution in [3.8, 4) is 11.3 Å². The van der Waals surface area contributed by atoms with E-state index < -0.39 is 43.7 Å². The summed E-state index contributed by atoms with van der Waals surface area (Å²) in [4.78, 5) is 34.2. The molecule has 0 saturated carbocycles. The summed E-state index contributed by atoms with van der Waals surface area (Å²) in [5.41, 5.74) is 1.40. The number of nitrogens with one attached hydrogen (secondary N) is 2. The topological polar surface area (TPSA) is 215 Å². The van der Waals surface area contributed by atoms with Crippen molar-refractivity contribution in [3.63, 3.8) is 0 Å². The molecule has 2 atom stereocenters. The van der Waals surface area contributed by atoms with Crippen LogP contribution in [0, 0.1) is 10.8 Å². The second-order valence-corrected chi connectivity index (χ2v) is 19.7. The van der Waals surface area contributed by atoms with Gasteiger partial charge in [0.25, 0.3) is 20.0 Å². The normalized spacial score (nSPS) is 13.2. The summed E-state index contributed by atoms with van der Waals surface area (Å²) in [6, 6.07) is 11.9. The number of pyridine rings is 3. The quantitative estimate of drug-likeness (QED) is 0.0976. The minimum absolute atomic E-state index is 0.0226. The smallest absolute Gasteiger partial charge is 0.404 e. The SMILES string of the molecule is CC(C)(C)C(Cc1cc(-c2cccnc2Cl)n(S(=O)(=O)c2cccnc2)c1)NC(=O)O.CC(C)(C)C(Cc1cc(Br)n(S(=O)(=O)c2cccnc2)c1)NC(=O)O. The maximum absolute atomic E-state index is 13.4. The van der Waals surface area contributed by atoms with Crippen LogP contribution in [-0.4, -0.2) is 74.2 Å². The highest BCUT2D eigenvalue weighted by atomic mass is 79.9. The van der Waals surface area contributed by atoms with Crippen LogP contribution in [0.5, 0.6) is 0 Å². The molecule has 0 spiro atoms. The van der Waals surface area contributed by atoms with Crippen LogP contribution in [0.25, 0.3) is 11.3 Å². The van der Waals surface area contributed by atoms with Gasteiger partial charge in [0.05, 0.1) is 5.69 Å². The molecule has 0 aliphatic rings. The summed E-state index contributed by atoms with van der Waals surface area (Å²) >= 11 is 9.53. The molecule has 2 amide bonds. The number of hydrogen-bond donors (Lipinski definition) is 4. The Morgan fingerprint density at radius 1 is 0.750 bits per heavy atom. The van der Waals surface area contributed by atoms with E-state index in [1.54, 1.807) is 36.4 Å². The molecule has 56 heavy (non-hydrogen) atoms. The average Bonchev–Trinajstić information content (AvgIpc) is 3.71. The molecule has 0 radical (unpaired) electrons. The van der Waals surface area contributed by atoms with Gasteiger partial charge in [0, 0.05) is 61.0 Å². The molecule has 0 bridgehead atoms. The highest BCUT2D eigenvalue weighted by Crippen LogP contribution is 2.33. The Hall–Kier alpha value is -4.78. The zero-order chi connectivity index (χ0) is 41.6. The standard InChI is InChI=1S/C21H23ClN4O4S.C16H20BrN3O4S/c1-21(2,3)18(25-20(27)28)11-14-10-17(16-7-5-9-24-19(16)22)26(13-14)31(29,30)15-6-4-8-23-12-15;1-16(2,3)13(19-15(21)22)7-11-8-14(17)20(10-11)25(23,24)12-5-4-6-18-9-12/h4-10,12-13,18,25H,11H2,1-3H3,(H,27,28);4-6,8-10,13,19H,7H2,1-3H3,(H,21,22). The van der Waals surface area contributed by atoms with Crippen LogP contribution in [0.2, 0.25) is 5.15 Å². The van der Waals surface area contributed by atoms with Crippen LogP contribution >= 0.6 is 27.5 Å². The maximum atomic E-state index is 13.4. The van der Waals surface area contributed by atoms with Crippen LogP contribution in [0.1, 0.15) is 52.7 Å². The van der Waals surface area contributed by atoms with Gasteiger partial charge < -0.3 is 20.8 Å². The van der Waals surface area contributed by atoms with Crippen LogP contribution in [0.15, 0.2) is 106 Å². The lowest BCUT2D eigenvalue weighted by Gasteiger charge is -2.30. The number of nitrogens with zero attached hydrogens (tertiary/aromatic N) is 5. The third-order valence-electron chi connectivity index (χ3n) is 8.62.